The fourth-order valence-corrected chi connectivity index (χ4v) is 4.42. The first-order chi connectivity index (χ1) is 17.3. The molecule has 0 spiro atoms. The van der Waals surface area contributed by atoms with Crippen molar-refractivity contribution in [2.75, 3.05) is 18.2 Å². The number of nitrogens with two attached hydrogens (primary N) is 2. The Morgan fingerprint density at radius 2 is 1.86 bits per heavy atom. The van der Waals surface area contributed by atoms with Crippen LogP contribution in [0.3, 0.4) is 0 Å². The number of pyridine rings is 1. The van der Waals surface area contributed by atoms with E-state index in [1.807, 2.05) is 0 Å². The number of aromatic nitrogens is 1. The lowest BCUT2D eigenvalue weighted by atomic mass is 10.0. The van der Waals surface area contributed by atoms with Gasteiger partial charge in [-0.15, -0.1) is 0 Å². The van der Waals surface area contributed by atoms with Crippen LogP contribution in [0.1, 0.15) is 12.5 Å². The number of rotatable bonds is 7. The van der Waals surface area contributed by atoms with Crippen molar-refractivity contribution < 1.29 is 22.4 Å². The summed E-state index contributed by atoms with van der Waals surface area (Å²) in [6.07, 6.45) is 1.59. The lowest BCUT2D eigenvalue weighted by Gasteiger charge is -2.14. The highest BCUT2D eigenvalue weighted by Gasteiger charge is 2.18. The second kappa shape index (κ2) is 10.6. The number of halogens is 1. The molecule has 0 radical (unpaired) electrons. The third kappa shape index (κ3) is 4.96. The summed E-state index contributed by atoms with van der Waals surface area (Å²) in [5.41, 5.74) is 8.09. The number of nitrogens with one attached hydrogen (secondary N) is 1. The van der Waals surface area contributed by atoms with Crippen molar-refractivity contribution in [2.45, 2.75) is 11.8 Å². The number of hydrogen-bond acceptors (Lipinski definition) is 7. The Morgan fingerprint density at radius 1 is 1.08 bits per heavy atom. The van der Waals surface area contributed by atoms with Gasteiger partial charge in [0.25, 0.3) is 5.91 Å². The lowest BCUT2D eigenvalue weighted by Crippen LogP contribution is -2.14. The number of benzene rings is 3. The first kappa shape index (κ1) is 25.0. The topological polar surface area (TPSA) is 130 Å². The van der Waals surface area contributed by atoms with Crippen LogP contribution in [0.4, 0.5) is 15.9 Å². The molecule has 0 saturated heterocycles. The van der Waals surface area contributed by atoms with Crippen LogP contribution in [0.25, 0.3) is 27.5 Å². The standard InChI is InChI=1S/C26H23FN4O4S/c1-15(17-8-7-16-11-12-30-25(28)20(16)13-17)24(27)26(32)31-21-10-9-18(14-22(21)34-2)19-5-3-4-6-23(19)36(33)35-29/h3-14H,29H2,1-2H3,(H2,28,30)(H,31,32). The highest BCUT2D eigenvalue weighted by molar-refractivity contribution is 7.80. The van der Waals surface area contributed by atoms with E-state index in [0.29, 0.717) is 32.8 Å². The number of amides is 1. The zero-order chi connectivity index (χ0) is 25.8. The minimum atomic E-state index is -1.87. The number of nitrogen functional groups attached to an aromatic ring is 1. The average Bonchev–Trinajstić information content (AvgIpc) is 2.92. The van der Waals surface area contributed by atoms with Gasteiger partial charge in [-0.05, 0) is 59.3 Å². The fourth-order valence-electron chi connectivity index (χ4n) is 3.76. The van der Waals surface area contributed by atoms with E-state index in [4.69, 9.17) is 16.4 Å². The summed E-state index contributed by atoms with van der Waals surface area (Å²) in [6, 6.07) is 18.7. The number of methoxy groups -OCH3 is 1. The van der Waals surface area contributed by atoms with Crippen LogP contribution in [0.15, 0.2) is 83.6 Å². The summed E-state index contributed by atoms with van der Waals surface area (Å²) in [7, 11) is 1.42. The van der Waals surface area contributed by atoms with Crippen LogP contribution in [-0.2, 0) is 20.2 Å². The molecule has 1 atom stereocenters. The van der Waals surface area contributed by atoms with Gasteiger partial charge in [0.15, 0.2) is 5.83 Å². The molecule has 0 fully saturated rings. The molecule has 0 bridgehead atoms. The predicted molar refractivity (Wildman–Crippen MR) is 139 cm³/mol. The van der Waals surface area contributed by atoms with Gasteiger partial charge in [-0.3, -0.25) is 4.79 Å². The van der Waals surface area contributed by atoms with Crippen LogP contribution in [0.2, 0.25) is 0 Å². The molecule has 10 heteroatoms. The number of carbonyl (C=O) groups is 1. The number of nitrogens with zero attached hydrogens (tertiary/aromatic N) is 1. The summed E-state index contributed by atoms with van der Waals surface area (Å²) < 4.78 is 37.2. The monoisotopic (exact) mass is 506 g/mol. The molecule has 184 valence electrons. The maximum atomic E-state index is 15.1. The van der Waals surface area contributed by atoms with E-state index in [0.717, 1.165) is 5.39 Å². The largest absolute Gasteiger partial charge is 0.495 e. The summed E-state index contributed by atoms with van der Waals surface area (Å²) >= 11 is -1.87. The number of anilines is 2. The molecule has 4 rings (SSSR count). The van der Waals surface area contributed by atoms with Gasteiger partial charge in [-0.25, -0.2) is 13.6 Å². The molecule has 1 aromatic heterocycles. The van der Waals surface area contributed by atoms with Crippen molar-refractivity contribution in [1.82, 2.24) is 4.98 Å². The third-order valence-electron chi connectivity index (χ3n) is 5.67. The smallest absolute Gasteiger partial charge is 0.284 e. The molecule has 5 N–H and O–H groups in total. The number of allylic oxidation sites excluding steroid dienone is 1. The molecular weight excluding hydrogens is 483 g/mol. The summed E-state index contributed by atoms with van der Waals surface area (Å²) in [4.78, 5) is 17.2. The Labute approximate surface area is 209 Å². The molecule has 1 heterocycles. The van der Waals surface area contributed by atoms with Crippen molar-refractivity contribution in [3.63, 3.8) is 0 Å². The number of hydrogen-bond donors (Lipinski definition) is 3. The van der Waals surface area contributed by atoms with Crippen LogP contribution >= 0.6 is 0 Å². The summed E-state index contributed by atoms with van der Waals surface area (Å²) in [6.45, 7) is 1.51. The van der Waals surface area contributed by atoms with E-state index < -0.39 is 22.8 Å². The number of carbonyl (C=O) groups excluding carboxylic acids is 1. The van der Waals surface area contributed by atoms with Crippen molar-refractivity contribution in [3.8, 4) is 16.9 Å². The summed E-state index contributed by atoms with van der Waals surface area (Å²) in [5.74, 6) is 3.81. The van der Waals surface area contributed by atoms with Gasteiger partial charge < -0.3 is 15.8 Å². The van der Waals surface area contributed by atoms with Gasteiger partial charge in [0.1, 0.15) is 11.6 Å². The van der Waals surface area contributed by atoms with Gasteiger partial charge in [0.05, 0.1) is 17.7 Å². The van der Waals surface area contributed by atoms with Gasteiger partial charge in [-0.1, -0.05) is 36.4 Å². The highest BCUT2D eigenvalue weighted by Crippen LogP contribution is 2.34. The Bertz CT molecular complexity index is 1520. The van der Waals surface area contributed by atoms with E-state index in [1.54, 1.807) is 72.9 Å². The van der Waals surface area contributed by atoms with Crippen LogP contribution in [0, 0.1) is 0 Å². The van der Waals surface area contributed by atoms with E-state index >= 15 is 4.39 Å². The van der Waals surface area contributed by atoms with Crippen molar-refractivity contribution in [3.05, 3.63) is 84.3 Å². The second-order valence-electron chi connectivity index (χ2n) is 7.77. The van der Waals surface area contributed by atoms with Crippen molar-refractivity contribution >= 4 is 44.8 Å². The molecule has 0 saturated carbocycles. The zero-order valence-corrected chi connectivity index (χ0v) is 20.3. The second-order valence-corrected chi connectivity index (χ2v) is 8.87. The predicted octanol–water partition coefficient (Wildman–Crippen LogP) is 4.74. The maximum absolute atomic E-state index is 15.1. The molecule has 0 aliphatic heterocycles. The molecule has 1 amide bonds. The van der Waals surface area contributed by atoms with Gasteiger partial charge in [0, 0.05) is 17.1 Å². The first-order valence-corrected chi connectivity index (χ1v) is 11.8. The maximum Gasteiger partial charge on any atom is 0.284 e. The number of ether oxygens (including phenoxy) is 1. The lowest BCUT2D eigenvalue weighted by molar-refractivity contribution is -0.114. The Kier molecular flexibility index (Phi) is 7.39. The van der Waals surface area contributed by atoms with Crippen LogP contribution in [-0.4, -0.2) is 22.2 Å². The van der Waals surface area contributed by atoms with Crippen molar-refractivity contribution in [1.29, 1.82) is 0 Å². The van der Waals surface area contributed by atoms with Crippen LogP contribution in [0.5, 0.6) is 5.75 Å². The minimum absolute atomic E-state index is 0.145. The first-order valence-electron chi connectivity index (χ1n) is 10.7. The quantitative estimate of drug-likeness (QED) is 0.244. The van der Waals surface area contributed by atoms with Crippen LogP contribution < -0.4 is 21.7 Å². The number of fused-ring (bicyclic) bond motifs is 1. The van der Waals surface area contributed by atoms with Gasteiger partial charge in [-0.2, -0.15) is 10.2 Å². The summed E-state index contributed by atoms with van der Waals surface area (Å²) in [5, 5.41) is 4.08. The Balaban J connectivity index is 1.63. The third-order valence-corrected chi connectivity index (χ3v) is 6.56. The molecule has 1 unspecified atom stereocenters. The molecule has 4 aromatic rings. The molecule has 36 heavy (non-hydrogen) atoms. The Hall–Kier alpha value is -4.12. The molecule has 8 nitrogen and oxygen atoms in total. The minimum Gasteiger partial charge on any atom is -0.495 e. The fraction of sp³-hybridized carbons (Fsp3) is 0.0769. The average molecular weight is 507 g/mol. The SMILES string of the molecule is COc1cc(-c2ccccc2S(=O)ON)ccc1NC(=O)C(F)=C(C)c1ccc2ccnc(N)c2c1. The van der Waals surface area contributed by atoms with E-state index in [1.165, 1.54) is 14.0 Å². The Morgan fingerprint density at radius 3 is 2.61 bits per heavy atom. The van der Waals surface area contributed by atoms with Gasteiger partial charge in [0.2, 0.25) is 11.1 Å². The molecular formula is C26H23FN4O4S. The van der Waals surface area contributed by atoms with E-state index in [9.17, 15) is 9.00 Å². The van der Waals surface area contributed by atoms with Crippen molar-refractivity contribution in [2.24, 2.45) is 5.90 Å². The van der Waals surface area contributed by atoms with E-state index in [-0.39, 0.29) is 17.0 Å². The molecule has 0 aliphatic rings. The van der Waals surface area contributed by atoms with Gasteiger partial charge >= 0.3 is 0 Å². The zero-order valence-electron chi connectivity index (χ0n) is 19.4. The molecule has 0 aliphatic carbocycles. The van der Waals surface area contributed by atoms with E-state index in [2.05, 4.69) is 14.6 Å². The highest BCUT2D eigenvalue weighted by atomic mass is 32.2. The normalized spacial score (nSPS) is 12.7. The molecule has 3 aromatic carbocycles.